The Morgan fingerprint density at radius 3 is 2.47 bits per heavy atom. The third-order valence-electron chi connectivity index (χ3n) is 2.53. The Kier molecular flexibility index (Phi) is 5.15. The summed E-state index contributed by atoms with van der Waals surface area (Å²) in [4.78, 5) is 15.7. The van der Waals surface area contributed by atoms with Gasteiger partial charge in [0.2, 0.25) is 0 Å². The van der Waals surface area contributed by atoms with Gasteiger partial charge in [-0.1, -0.05) is 44.9 Å². The van der Waals surface area contributed by atoms with Gasteiger partial charge in [0, 0.05) is 11.2 Å². The van der Waals surface area contributed by atoms with E-state index >= 15 is 0 Å². The summed E-state index contributed by atoms with van der Waals surface area (Å²) in [5, 5.41) is 0.800. The first-order chi connectivity index (χ1) is 7.09. The molecule has 1 amide bonds. The molecule has 0 aromatic heterocycles. The average Bonchev–Trinajstić information content (AvgIpc) is 2.17. The van der Waals surface area contributed by atoms with Crippen LogP contribution in [0.5, 0.6) is 0 Å². The van der Waals surface area contributed by atoms with Crippen molar-refractivity contribution in [1.82, 2.24) is 0 Å². The molecule has 1 rings (SSSR count). The summed E-state index contributed by atoms with van der Waals surface area (Å²) >= 11 is 1.45. The summed E-state index contributed by atoms with van der Waals surface area (Å²) in [6.45, 7) is 4.08. The zero-order chi connectivity index (χ0) is 11.3. The number of thioether (sulfide) groups is 1. The van der Waals surface area contributed by atoms with Crippen LogP contribution in [0.2, 0.25) is 0 Å². The molecule has 86 valence electrons. The predicted molar refractivity (Wildman–Crippen MR) is 65.9 cm³/mol. The van der Waals surface area contributed by atoms with Gasteiger partial charge in [-0.2, -0.15) is 4.99 Å². The van der Waals surface area contributed by atoms with Crippen LogP contribution in [0.1, 0.15) is 46.0 Å². The largest absolute Gasteiger partial charge is 0.378 e. The van der Waals surface area contributed by atoms with Crippen LogP contribution in [0.15, 0.2) is 4.99 Å². The van der Waals surface area contributed by atoms with Crippen molar-refractivity contribution in [2.45, 2.75) is 51.2 Å². The first-order valence-electron chi connectivity index (χ1n) is 5.64. The SMILES string of the molecule is CC(C)SC(N)=NC(=O)C1CCCCC1. The van der Waals surface area contributed by atoms with Crippen LogP contribution < -0.4 is 5.73 Å². The lowest BCUT2D eigenvalue weighted by Crippen LogP contribution is -2.20. The van der Waals surface area contributed by atoms with E-state index in [1.807, 2.05) is 13.8 Å². The van der Waals surface area contributed by atoms with E-state index in [4.69, 9.17) is 5.73 Å². The van der Waals surface area contributed by atoms with Crippen molar-refractivity contribution in [3.63, 3.8) is 0 Å². The summed E-state index contributed by atoms with van der Waals surface area (Å²) < 4.78 is 0. The van der Waals surface area contributed by atoms with E-state index in [2.05, 4.69) is 4.99 Å². The van der Waals surface area contributed by atoms with Crippen molar-refractivity contribution in [2.24, 2.45) is 16.6 Å². The van der Waals surface area contributed by atoms with Crippen molar-refractivity contribution in [3.8, 4) is 0 Å². The van der Waals surface area contributed by atoms with Crippen molar-refractivity contribution in [3.05, 3.63) is 0 Å². The monoisotopic (exact) mass is 228 g/mol. The minimum absolute atomic E-state index is 0.0136. The highest BCUT2D eigenvalue weighted by molar-refractivity contribution is 8.14. The minimum atomic E-state index is -0.0136. The lowest BCUT2D eigenvalue weighted by atomic mass is 9.89. The van der Waals surface area contributed by atoms with E-state index in [1.54, 1.807) is 0 Å². The van der Waals surface area contributed by atoms with Crippen LogP contribution in [0, 0.1) is 5.92 Å². The molecule has 0 aromatic rings. The van der Waals surface area contributed by atoms with Crippen molar-refractivity contribution >= 4 is 22.8 Å². The molecule has 0 saturated heterocycles. The number of carbonyl (C=O) groups is 1. The summed E-state index contributed by atoms with van der Waals surface area (Å²) in [6.07, 6.45) is 5.54. The molecule has 1 fully saturated rings. The fourth-order valence-electron chi connectivity index (χ4n) is 1.82. The Labute approximate surface area is 95.9 Å². The van der Waals surface area contributed by atoms with Crippen LogP contribution in [0.3, 0.4) is 0 Å². The lowest BCUT2D eigenvalue weighted by molar-refractivity contribution is -0.122. The van der Waals surface area contributed by atoms with Gasteiger partial charge < -0.3 is 5.73 Å². The van der Waals surface area contributed by atoms with Crippen LogP contribution in [0.25, 0.3) is 0 Å². The number of hydrogen-bond acceptors (Lipinski definition) is 2. The van der Waals surface area contributed by atoms with Crippen molar-refractivity contribution in [1.29, 1.82) is 0 Å². The fourth-order valence-corrected chi connectivity index (χ4v) is 2.44. The fraction of sp³-hybridized carbons (Fsp3) is 0.818. The highest BCUT2D eigenvalue weighted by Gasteiger charge is 2.20. The molecule has 0 unspecified atom stereocenters. The van der Waals surface area contributed by atoms with Crippen LogP contribution in [0.4, 0.5) is 0 Å². The van der Waals surface area contributed by atoms with Gasteiger partial charge in [0.1, 0.15) is 0 Å². The number of amidine groups is 1. The number of hydrogen-bond donors (Lipinski definition) is 1. The van der Waals surface area contributed by atoms with Crippen LogP contribution >= 0.6 is 11.8 Å². The third kappa shape index (κ3) is 4.69. The zero-order valence-corrected chi connectivity index (χ0v) is 10.3. The summed E-state index contributed by atoms with van der Waals surface area (Å²) in [5.41, 5.74) is 5.67. The maximum atomic E-state index is 11.7. The first kappa shape index (κ1) is 12.6. The molecule has 1 saturated carbocycles. The van der Waals surface area contributed by atoms with E-state index in [0.29, 0.717) is 10.4 Å². The summed E-state index contributed by atoms with van der Waals surface area (Å²) in [7, 11) is 0. The maximum absolute atomic E-state index is 11.7. The molecule has 1 aliphatic rings. The molecule has 0 aromatic carbocycles. The number of amides is 1. The molecule has 0 bridgehead atoms. The Morgan fingerprint density at radius 1 is 1.33 bits per heavy atom. The second-order valence-electron chi connectivity index (χ2n) is 4.29. The molecular formula is C11H20N2OS. The maximum Gasteiger partial charge on any atom is 0.251 e. The standard InChI is InChI=1S/C11H20N2OS/c1-8(2)15-11(12)13-10(14)9-6-4-3-5-7-9/h8-9H,3-7H2,1-2H3,(H2,12,13,14). The van der Waals surface area contributed by atoms with Gasteiger partial charge in [-0.15, -0.1) is 0 Å². The predicted octanol–water partition coefficient (Wildman–Crippen LogP) is 2.55. The van der Waals surface area contributed by atoms with E-state index in [1.165, 1.54) is 18.2 Å². The normalized spacial score (nSPS) is 19.5. The van der Waals surface area contributed by atoms with Crippen molar-refractivity contribution in [2.75, 3.05) is 0 Å². The van der Waals surface area contributed by atoms with Gasteiger partial charge in [-0.25, -0.2) is 0 Å². The van der Waals surface area contributed by atoms with Gasteiger partial charge in [-0.3, -0.25) is 4.79 Å². The Balaban J connectivity index is 2.45. The number of rotatable bonds is 2. The molecule has 1 aliphatic carbocycles. The number of carbonyl (C=O) groups excluding carboxylic acids is 1. The van der Waals surface area contributed by atoms with Crippen LogP contribution in [-0.4, -0.2) is 16.3 Å². The summed E-state index contributed by atoms with van der Waals surface area (Å²) in [5.74, 6) is 0.116. The number of nitrogens with zero attached hydrogens (tertiary/aromatic N) is 1. The molecule has 0 spiro atoms. The van der Waals surface area contributed by atoms with Gasteiger partial charge in [-0.05, 0) is 12.8 Å². The van der Waals surface area contributed by atoms with E-state index in [-0.39, 0.29) is 11.8 Å². The Morgan fingerprint density at radius 2 is 1.93 bits per heavy atom. The van der Waals surface area contributed by atoms with Gasteiger partial charge in [0.05, 0.1) is 0 Å². The molecular weight excluding hydrogens is 208 g/mol. The molecule has 4 heteroatoms. The van der Waals surface area contributed by atoms with Crippen molar-refractivity contribution < 1.29 is 4.79 Å². The lowest BCUT2D eigenvalue weighted by Gasteiger charge is -2.18. The van der Waals surface area contributed by atoms with E-state index in [9.17, 15) is 4.79 Å². The van der Waals surface area contributed by atoms with E-state index in [0.717, 1.165) is 25.7 Å². The highest BCUT2D eigenvalue weighted by Crippen LogP contribution is 2.25. The zero-order valence-electron chi connectivity index (χ0n) is 9.53. The molecule has 0 atom stereocenters. The second kappa shape index (κ2) is 6.16. The number of aliphatic imine (C=N–C) groups is 1. The highest BCUT2D eigenvalue weighted by atomic mass is 32.2. The Bertz CT molecular complexity index is 245. The molecule has 15 heavy (non-hydrogen) atoms. The molecule has 3 nitrogen and oxygen atoms in total. The molecule has 0 heterocycles. The molecule has 0 radical (unpaired) electrons. The first-order valence-corrected chi connectivity index (χ1v) is 6.52. The Hall–Kier alpha value is -0.510. The quantitative estimate of drug-likeness (QED) is 0.583. The van der Waals surface area contributed by atoms with E-state index < -0.39 is 0 Å². The van der Waals surface area contributed by atoms with Gasteiger partial charge in [0.25, 0.3) is 5.91 Å². The average molecular weight is 228 g/mol. The van der Waals surface area contributed by atoms with Gasteiger partial charge >= 0.3 is 0 Å². The number of nitrogens with two attached hydrogens (primary N) is 1. The topological polar surface area (TPSA) is 55.4 Å². The second-order valence-corrected chi connectivity index (χ2v) is 5.89. The molecule has 0 aliphatic heterocycles. The molecule has 2 N–H and O–H groups in total. The van der Waals surface area contributed by atoms with Crippen LogP contribution in [-0.2, 0) is 4.79 Å². The van der Waals surface area contributed by atoms with Gasteiger partial charge in [0.15, 0.2) is 5.17 Å². The summed E-state index contributed by atoms with van der Waals surface area (Å²) in [6, 6.07) is 0. The smallest absolute Gasteiger partial charge is 0.251 e. The third-order valence-corrected chi connectivity index (χ3v) is 3.34. The minimum Gasteiger partial charge on any atom is -0.378 e.